The number of ether oxygens (including phenoxy) is 1. The maximum atomic E-state index is 12.7. The molecule has 3 heterocycles. The molecule has 0 saturated carbocycles. The van der Waals surface area contributed by atoms with E-state index in [0.717, 1.165) is 0 Å². The van der Waals surface area contributed by atoms with Crippen molar-refractivity contribution in [2.75, 3.05) is 20.2 Å². The SMILES string of the molecule is COc1cc(C(=O)N2CC(c3n[nH]c(=O)n3C)C2)ccc1-c1nn[nH]n1. The van der Waals surface area contributed by atoms with Gasteiger partial charge in [0.2, 0.25) is 5.82 Å². The lowest BCUT2D eigenvalue weighted by Crippen LogP contribution is -2.49. The average molecular weight is 356 g/mol. The van der Waals surface area contributed by atoms with Gasteiger partial charge in [0.15, 0.2) is 0 Å². The van der Waals surface area contributed by atoms with Crippen LogP contribution in [0.25, 0.3) is 11.4 Å². The van der Waals surface area contributed by atoms with Gasteiger partial charge < -0.3 is 9.64 Å². The molecular weight excluding hydrogens is 340 g/mol. The second-order valence-electron chi connectivity index (χ2n) is 6.00. The van der Waals surface area contributed by atoms with Crippen LogP contribution in [0.4, 0.5) is 0 Å². The van der Waals surface area contributed by atoms with Crippen molar-refractivity contribution in [1.29, 1.82) is 0 Å². The maximum Gasteiger partial charge on any atom is 0.343 e. The number of aromatic nitrogens is 7. The topological polar surface area (TPSA) is 135 Å². The minimum Gasteiger partial charge on any atom is -0.496 e. The molecule has 4 rings (SSSR count). The zero-order valence-electron chi connectivity index (χ0n) is 14.1. The normalized spacial score (nSPS) is 14.3. The third kappa shape index (κ3) is 2.53. The second kappa shape index (κ2) is 6.10. The summed E-state index contributed by atoms with van der Waals surface area (Å²) in [4.78, 5) is 25.8. The number of tetrazole rings is 1. The summed E-state index contributed by atoms with van der Waals surface area (Å²) in [5.41, 5.74) is 0.890. The quantitative estimate of drug-likeness (QED) is 0.645. The Labute approximate surface area is 147 Å². The van der Waals surface area contributed by atoms with Gasteiger partial charge in [-0.3, -0.25) is 9.36 Å². The Morgan fingerprint density at radius 2 is 2.12 bits per heavy atom. The number of nitrogens with one attached hydrogen (secondary N) is 2. The van der Waals surface area contributed by atoms with Crippen molar-refractivity contribution in [3.05, 3.63) is 40.1 Å². The Balaban J connectivity index is 1.51. The summed E-state index contributed by atoms with van der Waals surface area (Å²) >= 11 is 0. The Bertz CT molecular complexity index is 1000. The highest BCUT2D eigenvalue weighted by atomic mass is 16.5. The molecule has 3 aromatic rings. The van der Waals surface area contributed by atoms with Crippen LogP contribution in [0.15, 0.2) is 23.0 Å². The number of rotatable bonds is 4. The lowest BCUT2D eigenvalue weighted by Gasteiger charge is -2.38. The van der Waals surface area contributed by atoms with Crippen molar-refractivity contribution in [2.24, 2.45) is 7.05 Å². The molecule has 1 aliphatic heterocycles. The van der Waals surface area contributed by atoms with E-state index in [1.54, 1.807) is 30.1 Å². The van der Waals surface area contributed by atoms with Crippen LogP contribution in [0.5, 0.6) is 5.75 Å². The number of nitrogens with zero attached hydrogens (tertiary/aromatic N) is 6. The summed E-state index contributed by atoms with van der Waals surface area (Å²) in [6.45, 7) is 1.01. The number of hydrogen-bond donors (Lipinski definition) is 2. The van der Waals surface area contributed by atoms with Crippen LogP contribution < -0.4 is 10.4 Å². The van der Waals surface area contributed by atoms with Crippen LogP contribution in [-0.2, 0) is 7.05 Å². The first-order valence-corrected chi connectivity index (χ1v) is 7.91. The van der Waals surface area contributed by atoms with E-state index in [2.05, 4.69) is 30.8 Å². The van der Waals surface area contributed by atoms with E-state index in [1.165, 1.54) is 11.7 Å². The summed E-state index contributed by atoms with van der Waals surface area (Å²) in [6, 6.07) is 5.09. The van der Waals surface area contributed by atoms with Gasteiger partial charge in [0.1, 0.15) is 11.6 Å². The molecule has 0 bridgehead atoms. The van der Waals surface area contributed by atoms with E-state index < -0.39 is 0 Å². The lowest BCUT2D eigenvalue weighted by atomic mass is 9.97. The number of aromatic amines is 2. The van der Waals surface area contributed by atoms with E-state index in [9.17, 15) is 9.59 Å². The van der Waals surface area contributed by atoms with Gasteiger partial charge in [-0.05, 0) is 23.4 Å². The maximum absolute atomic E-state index is 12.7. The molecule has 0 aliphatic carbocycles. The van der Waals surface area contributed by atoms with Crippen LogP contribution in [-0.4, -0.2) is 66.4 Å². The van der Waals surface area contributed by atoms with Crippen molar-refractivity contribution in [1.82, 2.24) is 40.3 Å². The number of H-pyrrole nitrogens is 2. The molecule has 0 radical (unpaired) electrons. The molecule has 1 aliphatic rings. The average Bonchev–Trinajstić information content (AvgIpc) is 3.25. The number of likely N-dealkylation sites (tertiary alicyclic amines) is 1. The third-order valence-corrected chi connectivity index (χ3v) is 4.48. The molecule has 1 aromatic carbocycles. The Morgan fingerprint density at radius 1 is 1.31 bits per heavy atom. The summed E-state index contributed by atoms with van der Waals surface area (Å²) in [7, 11) is 3.18. The second-order valence-corrected chi connectivity index (χ2v) is 6.00. The van der Waals surface area contributed by atoms with Gasteiger partial charge in [-0.15, -0.1) is 10.2 Å². The molecular formula is C15H16N8O3. The third-order valence-electron chi connectivity index (χ3n) is 4.48. The zero-order chi connectivity index (χ0) is 18.3. The van der Waals surface area contributed by atoms with E-state index in [1.807, 2.05) is 0 Å². The number of hydrogen-bond acceptors (Lipinski definition) is 7. The van der Waals surface area contributed by atoms with Gasteiger partial charge >= 0.3 is 5.69 Å². The van der Waals surface area contributed by atoms with Gasteiger partial charge in [-0.25, -0.2) is 9.89 Å². The standard InChI is InChI=1S/C15H16N8O3/c1-22-13(18-19-15(22)25)9-6-23(7-9)14(24)8-3-4-10(11(5-8)26-2)12-16-20-21-17-12/h3-5,9H,6-7H2,1-2H3,(H,19,25)(H,16,17,20,21). The summed E-state index contributed by atoms with van der Waals surface area (Å²) in [5, 5.41) is 20.2. The predicted octanol–water partition coefficient (Wildman–Crippen LogP) is -0.463. The molecule has 1 amide bonds. The molecule has 1 fully saturated rings. The fourth-order valence-corrected chi connectivity index (χ4v) is 3.00. The van der Waals surface area contributed by atoms with E-state index in [0.29, 0.717) is 41.6 Å². The van der Waals surface area contributed by atoms with Crippen molar-refractivity contribution in [3.8, 4) is 17.1 Å². The number of benzene rings is 1. The van der Waals surface area contributed by atoms with Crippen LogP contribution in [0.2, 0.25) is 0 Å². The van der Waals surface area contributed by atoms with E-state index in [4.69, 9.17) is 4.74 Å². The zero-order valence-corrected chi connectivity index (χ0v) is 14.1. The smallest absolute Gasteiger partial charge is 0.343 e. The molecule has 2 aromatic heterocycles. The molecule has 0 spiro atoms. The number of carbonyl (C=O) groups is 1. The first-order chi connectivity index (χ1) is 12.6. The molecule has 0 unspecified atom stereocenters. The van der Waals surface area contributed by atoms with E-state index in [-0.39, 0.29) is 17.5 Å². The summed E-state index contributed by atoms with van der Waals surface area (Å²) in [5.74, 6) is 1.47. The van der Waals surface area contributed by atoms with Crippen LogP contribution >= 0.6 is 0 Å². The van der Waals surface area contributed by atoms with Crippen molar-refractivity contribution >= 4 is 5.91 Å². The van der Waals surface area contributed by atoms with Gasteiger partial charge in [0.25, 0.3) is 5.91 Å². The first kappa shape index (κ1) is 16.0. The molecule has 11 heteroatoms. The van der Waals surface area contributed by atoms with Crippen molar-refractivity contribution in [3.63, 3.8) is 0 Å². The fourth-order valence-electron chi connectivity index (χ4n) is 3.00. The van der Waals surface area contributed by atoms with Gasteiger partial charge in [0.05, 0.1) is 18.6 Å². The monoisotopic (exact) mass is 356 g/mol. The first-order valence-electron chi connectivity index (χ1n) is 7.91. The Morgan fingerprint density at radius 3 is 2.73 bits per heavy atom. The lowest BCUT2D eigenvalue weighted by molar-refractivity contribution is 0.0591. The highest BCUT2D eigenvalue weighted by Gasteiger charge is 2.35. The minimum atomic E-state index is -0.258. The number of amides is 1. The van der Waals surface area contributed by atoms with Crippen molar-refractivity contribution < 1.29 is 9.53 Å². The summed E-state index contributed by atoms with van der Waals surface area (Å²) < 4.78 is 6.82. The molecule has 134 valence electrons. The fraction of sp³-hybridized carbons (Fsp3) is 0.333. The highest BCUT2D eigenvalue weighted by Crippen LogP contribution is 2.30. The molecule has 26 heavy (non-hydrogen) atoms. The largest absolute Gasteiger partial charge is 0.496 e. The van der Waals surface area contributed by atoms with Gasteiger partial charge in [-0.2, -0.15) is 10.3 Å². The molecule has 11 nitrogen and oxygen atoms in total. The predicted molar refractivity (Wildman–Crippen MR) is 88.6 cm³/mol. The van der Waals surface area contributed by atoms with Gasteiger partial charge in [-0.1, -0.05) is 0 Å². The molecule has 1 saturated heterocycles. The van der Waals surface area contributed by atoms with E-state index >= 15 is 0 Å². The summed E-state index contributed by atoms with van der Waals surface area (Å²) in [6.07, 6.45) is 0. The molecule has 2 N–H and O–H groups in total. The highest BCUT2D eigenvalue weighted by molar-refractivity contribution is 5.96. The number of methoxy groups -OCH3 is 1. The Kier molecular flexibility index (Phi) is 3.75. The van der Waals surface area contributed by atoms with Crippen LogP contribution in [0.1, 0.15) is 22.1 Å². The van der Waals surface area contributed by atoms with Gasteiger partial charge in [0, 0.05) is 25.7 Å². The molecule has 0 atom stereocenters. The van der Waals surface area contributed by atoms with Crippen LogP contribution in [0, 0.1) is 0 Å². The minimum absolute atomic E-state index is 0.0448. The Hall–Kier alpha value is -3.50. The van der Waals surface area contributed by atoms with Crippen molar-refractivity contribution in [2.45, 2.75) is 5.92 Å². The number of carbonyl (C=O) groups excluding carboxylic acids is 1. The van der Waals surface area contributed by atoms with Crippen LogP contribution in [0.3, 0.4) is 0 Å².